The van der Waals surface area contributed by atoms with Crippen LogP contribution in [-0.4, -0.2) is 33.6 Å². The van der Waals surface area contributed by atoms with Gasteiger partial charge in [0.25, 0.3) is 5.56 Å². The smallest absolute Gasteiger partial charge is 0.425 e. The van der Waals surface area contributed by atoms with E-state index in [0.29, 0.717) is 23.6 Å². The first-order valence-corrected chi connectivity index (χ1v) is 10.8. The number of aromatic nitrogens is 2. The fourth-order valence-electron chi connectivity index (χ4n) is 4.23. The summed E-state index contributed by atoms with van der Waals surface area (Å²) in [6, 6.07) is 11.0. The summed E-state index contributed by atoms with van der Waals surface area (Å²) in [6.07, 6.45) is 1.62. The van der Waals surface area contributed by atoms with Crippen molar-refractivity contribution in [2.24, 2.45) is 5.10 Å². The molecule has 2 aromatic carbocycles. The fraction of sp³-hybridized carbons (Fsp3) is 0.280. The van der Waals surface area contributed by atoms with E-state index in [0.717, 1.165) is 34.2 Å². The second-order valence-corrected chi connectivity index (χ2v) is 9.15. The van der Waals surface area contributed by atoms with Crippen molar-refractivity contribution in [1.82, 2.24) is 15.0 Å². The Kier molecular flexibility index (Phi) is 5.87. The molecule has 0 bridgehead atoms. The van der Waals surface area contributed by atoms with Gasteiger partial charge in [0.2, 0.25) is 0 Å². The number of fused-ring (bicyclic) bond motifs is 1. The van der Waals surface area contributed by atoms with Gasteiger partial charge in [-0.15, -0.1) is 0 Å². The molecule has 9 nitrogen and oxygen atoms in total. The molecule has 9 heteroatoms. The average Bonchev–Trinajstić information content (AvgIpc) is 3.18. The normalized spacial score (nSPS) is 14.2. The van der Waals surface area contributed by atoms with E-state index in [1.165, 1.54) is 16.8 Å². The van der Waals surface area contributed by atoms with Crippen LogP contribution in [0.25, 0.3) is 16.8 Å². The molecule has 0 saturated heterocycles. The molecule has 34 heavy (non-hydrogen) atoms. The first-order valence-electron chi connectivity index (χ1n) is 10.8. The Morgan fingerprint density at radius 3 is 2.53 bits per heavy atom. The van der Waals surface area contributed by atoms with Gasteiger partial charge in [-0.25, -0.2) is 15.0 Å². The van der Waals surface area contributed by atoms with Gasteiger partial charge >= 0.3 is 11.8 Å². The Bertz CT molecular complexity index is 1430. The maximum Gasteiger partial charge on any atom is 0.425 e. The van der Waals surface area contributed by atoms with Crippen LogP contribution < -0.4 is 21.4 Å². The Balaban J connectivity index is 1.91. The number of aryl methyl sites for hydroxylation is 1. The quantitative estimate of drug-likeness (QED) is 0.512. The summed E-state index contributed by atoms with van der Waals surface area (Å²) in [7, 11) is 1.62. The van der Waals surface area contributed by atoms with E-state index >= 15 is 0 Å². The number of ether oxygens (including phenoxy) is 1. The van der Waals surface area contributed by atoms with Crippen molar-refractivity contribution in [3.63, 3.8) is 0 Å². The zero-order valence-corrected chi connectivity index (χ0v) is 19.4. The van der Waals surface area contributed by atoms with Crippen LogP contribution in [0.3, 0.4) is 0 Å². The summed E-state index contributed by atoms with van der Waals surface area (Å²) in [5.74, 6) is 0.702. The van der Waals surface area contributed by atoms with Gasteiger partial charge in [0.05, 0.1) is 18.5 Å². The number of methoxy groups -OCH3 is 1. The zero-order chi connectivity index (χ0) is 24.6. The van der Waals surface area contributed by atoms with Crippen LogP contribution in [0.2, 0.25) is 0 Å². The lowest BCUT2D eigenvalue weighted by Crippen LogP contribution is -2.27. The highest BCUT2D eigenvalue weighted by molar-refractivity contribution is 6.05. The number of aromatic amines is 1. The molecule has 1 aliphatic carbocycles. The summed E-state index contributed by atoms with van der Waals surface area (Å²) in [5, 5.41) is 12.8. The number of carboxylic acid groups (broad SMARTS) is 1. The third-order valence-corrected chi connectivity index (χ3v) is 5.83. The summed E-state index contributed by atoms with van der Waals surface area (Å²) in [6.45, 7) is 6.19. The van der Waals surface area contributed by atoms with Gasteiger partial charge in [0.15, 0.2) is 0 Å². The molecule has 1 amide bonds. The van der Waals surface area contributed by atoms with Crippen LogP contribution in [0.5, 0.6) is 5.75 Å². The van der Waals surface area contributed by atoms with Crippen molar-refractivity contribution in [2.45, 2.75) is 39.0 Å². The average molecular weight is 463 g/mol. The molecule has 0 atom stereocenters. The number of rotatable bonds is 4. The van der Waals surface area contributed by atoms with Gasteiger partial charge in [-0.05, 0) is 41.5 Å². The maximum atomic E-state index is 12.5. The zero-order valence-electron chi connectivity index (χ0n) is 19.4. The van der Waals surface area contributed by atoms with Gasteiger partial charge < -0.3 is 9.84 Å². The molecule has 1 aliphatic rings. The predicted molar refractivity (Wildman–Crippen MR) is 129 cm³/mol. The van der Waals surface area contributed by atoms with Gasteiger partial charge in [0.1, 0.15) is 5.75 Å². The Labute approximate surface area is 195 Å². The van der Waals surface area contributed by atoms with Gasteiger partial charge in [-0.2, -0.15) is 5.10 Å². The van der Waals surface area contributed by atoms with Crippen LogP contribution in [-0.2, 0) is 11.8 Å². The number of benzene rings is 2. The highest BCUT2D eigenvalue weighted by Crippen LogP contribution is 2.42. The second-order valence-electron chi connectivity index (χ2n) is 9.15. The molecule has 176 valence electrons. The third-order valence-electron chi connectivity index (χ3n) is 5.83. The number of hydrazone groups is 1. The molecule has 0 saturated carbocycles. The van der Waals surface area contributed by atoms with E-state index in [1.807, 2.05) is 30.3 Å². The number of H-pyrrole nitrogens is 1. The molecular formula is C25H26N4O5. The summed E-state index contributed by atoms with van der Waals surface area (Å²) in [5.41, 5.74) is 6.67. The molecule has 3 aromatic rings. The maximum absolute atomic E-state index is 12.5. The highest BCUT2D eigenvalue weighted by atomic mass is 16.5. The molecule has 0 unspecified atom stereocenters. The van der Waals surface area contributed by atoms with E-state index in [-0.39, 0.29) is 5.41 Å². The monoisotopic (exact) mass is 462 g/mol. The minimum absolute atomic E-state index is 0.291. The minimum atomic E-state index is -1.20. The van der Waals surface area contributed by atoms with Crippen LogP contribution in [0.1, 0.15) is 43.9 Å². The first kappa shape index (κ1) is 23.0. The number of hydrogen-bond donors (Lipinski definition) is 3. The summed E-state index contributed by atoms with van der Waals surface area (Å²) >= 11 is 0. The van der Waals surface area contributed by atoms with Crippen LogP contribution in [0, 0.1) is 0 Å². The van der Waals surface area contributed by atoms with Crippen molar-refractivity contribution in [3.8, 4) is 22.6 Å². The van der Waals surface area contributed by atoms with Gasteiger partial charge in [0, 0.05) is 29.0 Å². The Hall–Kier alpha value is -4.14. The van der Waals surface area contributed by atoms with E-state index in [1.54, 1.807) is 7.11 Å². The molecule has 1 heterocycles. The topological polar surface area (TPSA) is 126 Å². The van der Waals surface area contributed by atoms with E-state index in [2.05, 4.69) is 36.3 Å². The van der Waals surface area contributed by atoms with Crippen molar-refractivity contribution in [2.75, 3.05) is 7.11 Å². The van der Waals surface area contributed by atoms with Crippen LogP contribution in [0.4, 0.5) is 4.79 Å². The Morgan fingerprint density at radius 1 is 1.12 bits per heavy atom. The molecule has 0 fully saturated rings. The summed E-state index contributed by atoms with van der Waals surface area (Å²) < 4.78 is 7.26. The number of carbonyl (C=O) groups is 1. The lowest BCUT2D eigenvalue weighted by molar-refractivity contribution is 0.195. The predicted octanol–water partition coefficient (Wildman–Crippen LogP) is 3.42. The standard InChI is InChI=1S/C25H26N4O5/c1-25(2,3)19-13-16(29-10-9-21(30)26-23(29)31)12-18(22(19)34-4)15-5-7-17-14(11-15)6-8-20(17)27-28-24(32)33/h5,7,9-13,28H,6,8H2,1-4H3,(H,32,33)(H,26,30,31)/b27-20+. The number of nitrogens with zero attached hydrogens (tertiary/aromatic N) is 2. The summed E-state index contributed by atoms with van der Waals surface area (Å²) in [4.78, 5) is 37.2. The number of amides is 1. The molecule has 4 rings (SSSR count). The van der Waals surface area contributed by atoms with E-state index in [4.69, 9.17) is 9.84 Å². The molecular weight excluding hydrogens is 436 g/mol. The van der Waals surface area contributed by atoms with Crippen LogP contribution >= 0.6 is 0 Å². The largest absolute Gasteiger partial charge is 0.496 e. The Morgan fingerprint density at radius 2 is 1.88 bits per heavy atom. The van der Waals surface area contributed by atoms with Crippen molar-refractivity contribution in [1.29, 1.82) is 0 Å². The van der Waals surface area contributed by atoms with Gasteiger partial charge in [-0.1, -0.05) is 39.0 Å². The SMILES string of the molecule is COc1c(-c2ccc3c(c2)CC/C3=N\NC(=O)O)cc(-n2ccc(=O)[nH]c2=O)cc1C(C)(C)C. The third kappa shape index (κ3) is 4.36. The molecule has 3 N–H and O–H groups in total. The lowest BCUT2D eigenvalue weighted by Gasteiger charge is -2.26. The lowest BCUT2D eigenvalue weighted by atomic mass is 9.83. The molecule has 0 spiro atoms. The molecule has 0 radical (unpaired) electrons. The van der Waals surface area contributed by atoms with Crippen LogP contribution in [0.15, 0.2) is 57.3 Å². The molecule has 1 aromatic heterocycles. The van der Waals surface area contributed by atoms with Crippen molar-refractivity contribution >= 4 is 11.8 Å². The molecule has 0 aliphatic heterocycles. The van der Waals surface area contributed by atoms with Gasteiger partial charge in [-0.3, -0.25) is 14.3 Å². The van der Waals surface area contributed by atoms with Crippen molar-refractivity contribution in [3.05, 3.63) is 80.1 Å². The first-order chi connectivity index (χ1) is 16.1. The minimum Gasteiger partial charge on any atom is -0.496 e. The van der Waals surface area contributed by atoms with E-state index in [9.17, 15) is 14.4 Å². The second kappa shape index (κ2) is 8.66. The number of nitrogens with one attached hydrogen (secondary N) is 2. The van der Waals surface area contributed by atoms with E-state index < -0.39 is 17.3 Å². The fourth-order valence-corrected chi connectivity index (χ4v) is 4.23. The highest BCUT2D eigenvalue weighted by Gasteiger charge is 2.25. The number of hydrogen-bond acceptors (Lipinski definition) is 5. The van der Waals surface area contributed by atoms with Crippen molar-refractivity contribution < 1.29 is 14.6 Å².